The molecule has 13 heavy (non-hydrogen) atoms. The maximum Gasteiger partial charge on any atom is 0.136 e. The van der Waals surface area contributed by atoms with Gasteiger partial charge in [-0.1, -0.05) is 0 Å². The van der Waals surface area contributed by atoms with Crippen LogP contribution in [0.2, 0.25) is 0 Å². The summed E-state index contributed by atoms with van der Waals surface area (Å²) in [6.45, 7) is 8.61. The van der Waals surface area contributed by atoms with Crippen LogP contribution in [0.15, 0.2) is 0 Å². The molecule has 80 valence electrons. The van der Waals surface area contributed by atoms with Gasteiger partial charge in [0.2, 0.25) is 0 Å². The van der Waals surface area contributed by atoms with Gasteiger partial charge in [0.25, 0.3) is 0 Å². The van der Waals surface area contributed by atoms with Crippen LogP contribution < -0.4 is 5.14 Å². The standard InChI is InChI=1S/C5H10O.C4H11NOS/c1-5-3-2-4-6-5;1-4(2,3)7(5)6/h5H,2-4H2,1H3;5H2,1-3H3. The molecule has 2 N–H and O–H groups in total. The molecular formula is C9H21NO2S. The van der Waals surface area contributed by atoms with Crippen LogP contribution in [0, 0.1) is 0 Å². The third kappa shape index (κ3) is 7.31. The molecule has 0 radical (unpaired) electrons. The lowest BCUT2D eigenvalue weighted by Crippen LogP contribution is -2.34. The Morgan fingerprint density at radius 1 is 1.46 bits per heavy atom. The van der Waals surface area contributed by atoms with Gasteiger partial charge in [0.1, 0.15) is 4.75 Å². The molecule has 1 aliphatic rings. The summed E-state index contributed by atoms with van der Waals surface area (Å²) in [6, 6.07) is 0. The summed E-state index contributed by atoms with van der Waals surface area (Å²) in [5, 5.41) is 5.04. The van der Waals surface area contributed by atoms with E-state index < -0.39 is 11.4 Å². The summed E-state index contributed by atoms with van der Waals surface area (Å²) in [5.74, 6) is 0. The Labute approximate surface area is 84.3 Å². The average molecular weight is 207 g/mol. The van der Waals surface area contributed by atoms with Crippen molar-refractivity contribution < 1.29 is 9.29 Å². The molecule has 4 heteroatoms. The second-order valence-electron chi connectivity index (χ2n) is 4.23. The highest BCUT2D eigenvalue weighted by molar-refractivity contribution is 7.90. The number of nitrogens with two attached hydrogens (primary N) is 1. The van der Waals surface area contributed by atoms with Gasteiger partial charge >= 0.3 is 0 Å². The topological polar surface area (TPSA) is 58.3 Å². The number of rotatable bonds is 0. The van der Waals surface area contributed by atoms with Gasteiger partial charge in [-0.15, -0.1) is 0 Å². The normalized spacial score (nSPS) is 24.9. The summed E-state index contributed by atoms with van der Waals surface area (Å²) in [5.41, 5.74) is 0. The molecule has 0 spiro atoms. The Morgan fingerprint density at radius 3 is 2.00 bits per heavy atom. The highest BCUT2D eigenvalue weighted by atomic mass is 32.2. The predicted octanol–water partition coefficient (Wildman–Crippen LogP) is 1.59. The van der Waals surface area contributed by atoms with Crippen molar-refractivity contribution in [3.63, 3.8) is 0 Å². The zero-order valence-corrected chi connectivity index (χ0v) is 9.82. The molecule has 2 atom stereocenters. The van der Waals surface area contributed by atoms with E-state index in [2.05, 4.69) is 6.92 Å². The lowest BCUT2D eigenvalue weighted by molar-refractivity contribution is 0.125. The van der Waals surface area contributed by atoms with E-state index in [-0.39, 0.29) is 4.75 Å². The zero-order valence-electron chi connectivity index (χ0n) is 9.00. The summed E-state index contributed by atoms with van der Waals surface area (Å²) in [4.78, 5) is 0. The molecular weight excluding hydrogens is 186 g/mol. The van der Waals surface area contributed by atoms with Crippen LogP contribution in [-0.2, 0) is 16.1 Å². The van der Waals surface area contributed by atoms with E-state index in [9.17, 15) is 4.55 Å². The van der Waals surface area contributed by atoms with Crippen LogP contribution in [0.4, 0.5) is 0 Å². The van der Waals surface area contributed by atoms with Crippen molar-refractivity contribution in [2.45, 2.75) is 51.4 Å². The quantitative estimate of drug-likeness (QED) is 0.614. The predicted molar refractivity (Wildman–Crippen MR) is 56.7 cm³/mol. The molecule has 1 heterocycles. The third-order valence-electron chi connectivity index (χ3n) is 1.76. The first-order valence-electron chi connectivity index (χ1n) is 4.62. The molecule has 1 saturated heterocycles. The van der Waals surface area contributed by atoms with Crippen molar-refractivity contribution in [2.24, 2.45) is 5.14 Å². The van der Waals surface area contributed by atoms with Crippen LogP contribution in [0.3, 0.4) is 0 Å². The third-order valence-corrected chi connectivity index (χ3v) is 2.97. The molecule has 2 unspecified atom stereocenters. The minimum absolute atomic E-state index is 0.250. The lowest BCUT2D eigenvalue weighted by Gasteiger charge is -2.17. The molecule has 0 aromatic carbocycles. The van der Waals surface area contributed by atoms with Gasteiger partial charge in [0.05, 0.1) is 6.10 Å². The molecule has 0 bridgehead atoms. The van der Waals surface area contributed by atoms with E-state index >= 15 is 0 Å². The van der Waals surface area contributed by atoms with Gasteiger partial charge < -0.3 is 9.29 Å². The number of hydrogen-bond donors (Lipinski definition) is 1. The summed E-state index contributed by atoms with van der Waals surface area (Å²) >= 11 is -1.18. The van der Waals surface area contributed by atoms with Gasteiger partial charge in [0.15, 0.2) is 0 Å². The average Bonchev–Trinajstić information content (AvgIpc) is 2.38. The van der Waals surface area contributed by atoms with Crippen LogP contribution in [0.1, 0.15) is 40.5 Å². The minimum Gasteiger partial charge on any atom is -0.598 e. The molecule has 0 saturated carbocycles. The number of ether oxygens (including phenoxy) is 1. The first kappa shape index (κ1) is 13.2. The fourth-order valence-electron chi connectivity index (χ4n) is 0.739. The van der Waals surface area contributed by atoms with Crippen molar-refractivity contribution >= 4 is 11.4 Å². The summed E-state index contributed by atoms with van der Waals surface area (Å²) < 4.78 is 15.3. The largest absolute Gasteiger partial charge is 0.598 e. The molecule has 0 aliphatic carbocycles. The fraction of sp³-hybridized carbons (Fsp3) is 1.00. The van der Waals surface area contributed by atoms with Crippen molar-refractivity contribution in [3.05, 3.63) is 0 Å². The summed E-state index contributed by atoms with van der Waals surface area (Å²) in [7, 11) is 0. The van der Waals surface area contributed by atoms with E-state index in [0.717, 1.165) is 6.61 Å². The molecule has 0 aromatic rings. The molecule has 1 aliphatic heterocycles. The molecule has 1 fully saturated rings. The van der Waals surface area contributed by atoms with E-state index in [1.54, 1.807) is 0 Å². The first-order chi connectivity index (χ1) is 5.84. The molecule has 0 aromatic heterocycles. The van der Waals surface area contributed by atoms with Crippen LogP contribution in [-0.4, -0.2) is 22.0 Å². The van der Waals surface area contributed by atoms with Gasteiger partial charge in [0, 0.05) is 18.0 Å². The van der Waals surface area contributed by atoms with Crippen molar-refractivity contribution in [1.82, 2.24) is 0 Å². The van der Waals surface area contributed by atoms with Crippen LogP contribution in [0.25, 0.3) is 0 Å². The van der Waals surface area contributed by atoms with Crippen LogP contribution in [0.5, 0.6) is 0 Å². The van der Waals surface area contributed by atoms with Gasteiger partial charge in [-0.05, 0) is 40.5 Å². The maximum atomic E-state index is 10.4. The molecule has 3 nitrogen and oxygen atoms in total. The van der Waals surface area contributed by atoms with Crippen LogP contribution >= 0.6 is 0 Å². The van der Waals surface area contributed by atoms with Crippen molar-refractivity contribution in [3.8, 4) is 0 Å². The summed E-state index contributed by atoms with van der Waals surface area (Å²) in [6.07, 6.45) is 3.08. The van der Waals surface area contributed by atoms with Gasteiger partial charge in [-0.2, -0.15) is 5.14 Å². The van der Waals surface area contributed by atoms with E-state index in [0.29, 0.717) is 6.10 Å². The fourth-order valence-corrected chi connectivity index (χ4v) is 0.739. The second-order valence-corrected chi connectivity index (χ2v) is 6.05. The zero-order chi connectivity index (χ0) is 10.5. The van der Waals surface area contributed by atoms with E-state index in [4.69, 9.17) is 9.88 Å². The monoisotopic (exact) mass is 207 g/mol. The Kier molecular flexibility index (Phi) is 5.96. The minimum atomic E-state index is -1.18. The first-order valence-corrected chi connectivity index (χ1v) is 5.83. The van der Waals surface area contributed by atoms with E-state index in [1.807, 2.05) is 20.8 Å². The Balaban J connectivity index is 0.000000223. The molecule has 1 rings (SSSR count). The maximum absolute atomic E-state index is 10.4. The van der Waals surface area contributed by atoms with Crippen molar-refractivity contribution in [2.75, 3.05) is 6.61 Å². The Morgan fingerprint density at radius 2 is 1.92 bits per heavy atom. The SMILES string of the molecule is CC(C)(C)[S+](N)[O-].CC1CCCO1. The Bertz CT molecular complexity index is 128. The lowest BCUT2D eigenvalue weighted by atomic mass is 10.3. The van der Waals surface area contributed by atoms with Crippen molar-refractivity contribution in [1.29, 1.82) is 0 Å². The van der Waals surface area contributed by atoms with E-state index in [1.165, 1.54) is 12.8 Å². The molecule has 0 amide bonds. The second kappa shape index (κ2) is 5.86. The highest BCUT2D eigenvalue weighted by Crippen LogP contribution is 2.09. The smallest absolute Gasteiger partial charge is 0.136 e. The highest BCUT2D eigenvalue weighted by Gasteiger charge is 2.21. The Hall–Kier alpha value is 0.230. The van der Waals surface area contributed by atoms with Gasteiger partial charge in [-0.3, -0.25) is 0 Å². The number of hydrogen-bond acceptors (Lipinski definition) is 3. The van der Waals surface area contributed by atoms with Gasteiger partial charge in [-0.25, -0.2) is 0 Å².